The molecule has 4 nitrogen and oxygen atoms in total. The van der Waals surface area contributed by atoms with Crippen molar-refractivity contribution in [2.75, 3.05) is 19.8 Å². The van der Waals surface area contributed by atoms with E-state index in [1.807, 2.05) is 0 Å². The molecule has 0 aliphatic heterocycles. The van der Waals surface area contributed by atoms with Gasteiger partial charge in [0, 0.05) is 19.6 Å². The third-order valence-corrected chi connectivity index (χ3v) is 1.91. The Labute approximate surface area is 100 Å². The zero-order chi connectivity index (χ0) is 13.3. The molecule has 0 aliphatic carbocycles. The predicted molar refractivity (Wildman–Crippen MR) is 58.5 cm³/mol. The molecule has 1 unspecified atom stereocenters. The highest BCUT2D eigenvalue weighted by atomic mass is 19.3. The minimum absolute atomic E-state index is 0.0671. The molecule has 0 fully saturated rings. The monoisotopic (exact) mass is 254 g/mol. The molecule has 0 radical (unpaired) electrons. The summed E-state index contributed by atoms with van der Waals surface area (Å²) in [4.78, 5) is 0. The normalized spacial score (nSPS) is 12.6. The van der Waals surface area contributed by atoms with Crippen molar-refractivity contribution < 1.29 is 28.1 Å². The van der Waals surface area contributed by atoms with Gasteiger partial charge in [-0.25, -0.2) is 0 Å². The van der Waals surface area contributed by atoms with Crippen molar-refractivity contribution in [1.82, 2.24) is 0 Å². The van der Waals surface area contributed by atoms with Crippen molar-refractivity contribution in [3.8, 4) is 0 Å². The standard InChI is InChI=1S/C11H20F2O4/c1-4-15-9(16-5-2)7-8(14)10(11(12)13)17-6-3/h8-9,14H,4-7H2,1-3H3. The van der Waals surface area contributed by atoms with E-state index in [0.29, 0.717) is 13.2 Å². The summed E-state index contributed by atoms with van der Waals surface area (Å²) >= 11 is 0. The van der Waals surface area contributed by atoms with Crippen LogP contribution in [0.2, 0.25) is 0 Å². The van der Waals surface area contributed by atoms with Crippen molar-refractivity contribution in [3.63, 3.8) is 0 Å². The van der Waals surface area contributed by atoms with Gasteiger partial charge in [0.2, 0.25) is 0 Å². The van der Waals surface area contributed by atoms with E-state index in [4.69, 9.17) is 14.2 Å². The molecular weight excluding hydrogens is 234 g/mol. The highest BCUT2D eigenvalue weighted by Crippen LogP contribution is 2.19. The van der Waals surface area contributed by atoms with E-state index in [9.17, 15) is 13.9 Å². The summed E-state index contributed by atoms with van der Waals surface area (Å²) in [6, 6.07) is 0. The Kier molecular flexibility index (Phi) is 8.93. The zero-order valence-electron chi connectivity index (χ0n) is 10.4. The molecule has 0 aromatic rings. The molecule has 17 heavy (non-hydrogen) atoms. The van der Waals surface area contributed by atoms with E-state index in [1.54, 1.807) is 20.8 Å². The summed E-state index contributed by atoms with van der Waals surface area (Å²) in [5.74, 6) is -0.711. The SMILES string of the molecule is CCOC(=C(F)F)C(O)CC(OCC)OCC. The van der Waals surface area contributed by atoms with Crippen molar-refractivity contribution in [3.05, 3.63) is 11.8 Å². The summed E-state index contributed by atoms with van der Waals surface area (Å²) in [7, 11) is 0. The van der Waals surface area contributed by atoms with Gasteiger partial charge in [-0.1, -0.05) is 0 Å². The number of hydrogen-bond acceptors (Lipinski definition) is 4. The highest BCUT2D eigenvalue weighted by molar-refractivity contribution is 5.00. The maximum atomic E-state index is 12.5. The van der Waals surface area contributed by atoms with Crippen LogP contribution in [0.1, 0.15) is 27.2 Å². The average Bonchev–Trinajstić information content (AvgIpc) is 2.25. The Balaban J connectivity index is 4.45. The molecule has 1 N–H and O–H groups in total. The Morgan fingerprint density at radius 2 is 1.59 bits per heavy atom. The van der Waals surface area contributed by atoms with Crippen molar-refractivity contribution >= 4 is 0 Å². The van der Waals surface area contributed by atoms with Crippen LogP contribution in [-0.2, 0) is 14.2 Å². The van der Waals surface area contributed by atoms with E-state index in [1.165, 1.54) is 0 Å². The first-order chi connectivity index (χ1) is 8.06. The number of aliphatic hydroxyl groups excluding tert-OH is 1. The third kappa shape index (κ3) is 6.55. The second kappa shape index (κ2) is 9.32. The molecule has 6 heteroatoms. The first-order valence-electron chi connectivity index (χ1n) is 5.65. The molecule has 0 saturated carbocycles. The van der Waals surface area contributed by atoms with E-state index < -0.39 is 24.2 Å². The Bertz CT molecular complexity index is 224. The van der Waals surface area contributed by atoms with E-state index in [0.717, 1.165) is 0 Å². The fraction of sp³-hybridized carbons (Fsp3) is 0.818. The van der Waals surface area contributed by atoms with Gasteiger partial charge in [0.05, 0.1) is 6.61 Å². The topological polar surface area (TPSA) is 47.9 Å². The predicted octanol–water partition coefficient (Wildman–Crippen LogP) is 2.28. The van der Waals surface area contributed by atoms with Crippen LogP contribution in [0.25, 0.3) is 0 Å². The van der Waals surface area contributed by atoms with E-state index in [2.05, 4.69) is 0 Å². The first kappa shape index (κ1) is 16.3. The Hall–Kier alpha value is -0.720. The summed E-state index contributed by atoms with van der Waals surface area (Å²) in [6.45, 7) is 5.91. The number of aliphatic hydroxyl groups is 1. The lowest BCUT2D eigenvalue weighted by molar-refractivity contribution is -0.152. The van der Waals surface area contributed by atoms with E-state index >= 15 is 0 Å². The van der Waals surface area contributed by atoms with Crippen LogP contribution in [0, 0.1) is 0 Å². The second-order valence-electron chi connectivity index (χ2n) is 3.15. The third-order valence-electron chi connectivity index (χ3n) is 1.91. The van der Waals surface area contributed by atoms with Gasteiger partial charge >= 0.3 is 6.08 Å². The molecule has 102 valence electrons. The van der Waals surface area contributed by atoms with Gasteiger partial charge in [-0.05, 0) is 20.8 Å². The van der Waals surface area contributed by atoms with Gasteiger partial charge in [0.15, 0.2) is 12.0 Å². The van der Waals surface area contributed by atoms with Crippen molar-refractivity contribution in [2.45, 2.75) is 39.6 Å². The van der Waals surface area contributed by atoms with Crippen LogP contribution in [0.15, 0.2) is 11.8 Å². The number of ether oxygens (including phenoxy) is 3. The molecule has 0 saturated heterocycles. The molecule has 0 rings (SSSR count). The summed E-state index contributed by atoms with van der Waals surface area (Å²) in [5.41, 5.74) is 0. The van der Waals surface area contributed by atoms with Crippen LogP contribution < -0.4 is 0 Å². The number of halogens is 2. The Morgan fingerprint density at radius 1 is 1.06 bits per heavy atom. The lowest BCUT2D eigenvalue weighted by atomic mass is 10.2. The summed E-state index contributed by atoms with van der Waals surface area (Å²) < 4.78 is 39.9. The van der Waals surface area contributed by atoms with Gasteiger partial charge in [-0.2, -0.15) is 8.78 Å². The molecule has 0 aromatic heterocycles. The largest absolute Gasteiger partial charge is 0.490 e. The summed E-state index contributed by atoms with van der Waals surface area (Å²) in [6.07, 6.45) is -4.25. The molecule has 0 aliphatic rings. The van der Waals surface area contributed by atoms with Gasteiger partial charge < -0.3 is 19.3 Å². The van der Waals surface area contributed by atoms with Crippen LogP contribution in [0.4, 0.5) is 8.78 Å². The second-order valence-corrected chi connectivity index (χ2v) is 3.15. The van der Waals surface area contributed by atoms with Crippen LogP contribution >= 0.6 is 0 Å². The van der Waals surface area contributed by atoms with E-state index in [-0.39, 0.29) is 13.0 Å². The highest BCUT2D eigenvalue weighted by Gasteiger charge is 2.23. The van der Waals surface area contributed by atoms with Crippen molar-refractivity contribution in [1.29, 1.82) is 0 Å². The first-order valence-corrected chi connectivity index (χ1v) is 5.65. The maximum absolute atomic E-state index is 12.5. The molecule has 0 heterocycles. The van der Waals surface area contributed by atoms with Gasteiger partial charge in [-0.3, -0.25) is 0 Å². The minimum atomic E-state index is -2.02. The van der Waals surface area contributed by atoms with Gasteiger partial charge in [0.1, 0.15) is 6.10 Å². The van der Waals surface area contributed by atoms with Crippen LogP contribution in [0.5, 0.6) is 0 Å². The lowest BCUT2D eigenvalue weighted by Gasteiger charge is -2.21. The number of rotatable bonds is 9. The minimum Gasteiger partial charge on any atom is -0.490 e. The smallest absolute Gasteiger partial charge is 0.310 e. The van der Waals surface area contributed by atoms with Crippen molar-refractivity contribution in [2.24, 2.45) is 0 Å². The quantitative estimate of drug-likeness (QED) is 0.506. The maximum Gasteiger partial charge on any atom is 0.310 e. The molecule has 0 bridgehead atoms. The fourth-order valence-electron chi connectivity index (χ4n) is 1.28. The lowest BCUT2D eigenvalue weighted by Crippen LogP contribution is -2.26. The summed E-state index contributed by atoms with van der Waals surface area (Å²) in [5, 5.41) is 9.61. The molecule has 0 aromatic carbocycles. The number of hydrogen-bond donors (Lipinski definition) is 1. The van der Waals surface area contributed by atoms with Crippen LogP contribution in [0.3, 0.4) is 0 Å². The fourth-order valence-corrected chi connectivity index (χ4v) is 1.28. The molecule has 0 spiro atoms. The van der Waals surface area contributed by atoms with Gasteiger partial charge in [0.25, 0.3) is 0 Å². The zero-order valence-corrected chi connectivity index (χ0v) is 10.4. The van der Waals surface area contributed by atoms with Crippen LogP contribution in [-0.4, -0.2) is 37.3 Å². The van der Waals surface area contributed by atoms with Gasteiger partial charge in [-0.15, -0.1) is 0 Å². The molecular formula is C11H20F2O4. The molecule has 0 amide bonds. The molecule has 1 atom stereocenters. The average molecular weight is 254 g/mol. The Morgan fingerprint density at radius 3 is 1.94 bits per heavy atom.